The van der Waals surface area contributed by atoms with Crippen molar-refractivity contribution >= 4 is 15.7 Å². The van der Waals surface area contributed by atoms with Gasteiger partial charge in [0.15, 0.2) is 4.90 Å². The minimum absolute atomic E-state index is 0.196. The number of aryl methyl sites for hydroxylation is 1. The lowest BCUT2D eigenvalue weighted by atomic mass is 10.1. The zero-order chi connectivity index (χ0) is 16.5. The van der Waals surface area contributed by atoms with Gasteiger partial charge < -0.3 is 5.73 Å². The fourth-order valence-corrected chi connectivity index (χ4v) is 5.03. The molecule has 0 saturated carbocycles. The van der Waals surface area contributed by atoms with Crippen LogP contribution in [0.1, 0.15) is 30.4 Å². The zero-order valence-electron chi connectivity index (χ0n) is 12.8. The average Bonchev–Trinajstić information content (AvgIpc) is 2.49. The van der Waals surface area contributed by atoms with Crippen LogP contribution >= 0.6 is 0 Å². The van der Waals surface area contributed by atoms with Crippen LogP contribution in [0.2, 0.25) is 0 Å². The van der Waals surface area contributed by atoms with Crippen LogP contribution in [-0.2, 0) is 10.0 Å². The van der Waals surface area contributed by atoms with Gasteiger partial charge >= 0.3 is 0 Å². The molecule has 0 radical (unpaired) electrons. The maximum absolute atomic E-state index is 13.0. The fourth-order valence-electron chi connectivity index (χ4n) is 2.89. The summed E-state index contributed by atoms with van der Waals surface area (Å²) in [6, 6.07) is 2.54. The first-order valence-electron chi connectivity index (χ1n) is 7.27. The van der Waals surface area contributed by atoms with E-state index in [9.17, 15) is 18.5 Å². The molecular formula is C14H21N3O4S. The van der Waals surface area contributed by atoms with E-state index < -0.39 is 14.9 Å². The van der Waals surface area contributed by atoms with Crippen molar-refractivity contribution in [3.05, 3.63) is 33.4 Å². The summed E-state index contributed by atoms with van der Waals surface area (Å²) in [4.78, 5) is 10.4. The molecule has 7 nitrogen and oxygen atoms in total. The number of benzene rings is 1. The minimum atomic E-state index is -3.94. The molecule has 0 aliphatic carbocycles. The summed E-state index contributed by atoms with van der Waals surface area (Å²) in [6.45, 7) is 3.93. The van der Waals surface area contributed by atoms with Gasteiger partial charge in [-0.05, 0) is 37.8 Å². The van der Waals surface area contributed by atoms with Gasteiger partial charge in [-0.1, -0.05) is 12.5 Å². The molecule has 2 rings (SSSR count). The molecule has 1 saturated heterocycles. The van der Waals surface area contributed by atoms with E-state index in [-0.39, 0.29) is 23.2 Å². The molecular weight excluding hydrogens is 306 g/mol. The molecule has 0 spiro atoms. The zero-order valence-corrected chi connectivity index (χ0v) is 13.6. The van der Waals surface area contributed by atoms with Crippen LogP contribution in [0, 0.1) is 24.0 Å². The first kappa shape index (κ1) is 16.9. The monoisotopic (exact) mass is 327 g/mol. The van der Waals surface area contributed by atoms with Crippen LogP contribution in [0.25, 0.3) is 0 Å². The number of nitro benzene ring substituents is 1. The number of nitro groups is 1. The lowest BCUT2D eigenvalue weighted by Crippen LogP contribution is -2.47. The van der Waals surface area contributed by atoms with Gasteiger partial charge in [-0.25, -0.2) is 8.42 Å². The van der Waals surface area contributed by atoms with E-state index in [1.54, 1.807) is 19.9 Å². The summed E-state index contributed by atoms with van der Waals surface area (Å²) in [5.74, 6) is 0. The Balaban J connectivity index is 2.62. The first-order chi connectivity index (χ1) is 10.3. The van der Waals surface area contributed by atoms with Crippen LogP contribution in [0.3, 0.4) is 0 Å². The molecule has 0 bridgehead atoms. The van der Waals surface area contributed by atoms with Crippen molar-refractivity contribution in [2.75, 3.05) is 13.1 Å². The van der Waals surface area contributed by atoms with E-state index in [2.05, 4.69) is 0 Å². The van der Waals surface area contributed by atoms with Gasteiger partial charge in [-0.2, -0.15) is 4.31 Å². The Morgan fingerprint density at radius 2 is 2.05 bits per heavy atom. The second kappa shape index (κ2) is 6.31. The summed E-state index contributed by atoms with van der Waals surface area (Å²) >= 11 is 0. The summed E-state index contributed by atoms with van der Waals surface area (Å²) in [5.41, 5.74) is 6.46. The molecule has 8 heteroatoms. The van der Waals surface area contributed by atoms with Crippen molar-refractivity contribution in [2.45, 2.75) is 44.0 Å². The van der Waals surface area contributed by atoms with E-state index in [0.29, 0.717) is 24.1 Å². The highest BCUT2D eigenvalue weighted by Crippen LogP contribution is 2.34. The first-order valence-corrected chi connectivity index (χ1v) is 8.71. The summed E-state index contributed by atoms with van der Waals surface area (Å²) in [5, 5.41) is 11.3. The minimum Gasteiger partial charge on any atom is -0.329 e. The van der Waals surface area contributed by atoms with Crippen LogP contribution < -0.4 is 5.73 Å². The Morgan fingerprint density at radius 1 is 1.36 bits per heavy atom. The van der Waals surface area contributed by atoms with Crippen molar-refractivity contribution in [3.8, 4) is 0 Å². The summed E-state index contributed by atoms with van der Waals surface area (Å²) in [6.07, 6.45) is 2.35. The van der Waals surface area contributed by atoms with E-state index in [1.165, 1.54) is 10.4 Å². The van der Waals surface area contributed by atoms with Gasteiger partial charge in [0.2, 0.25) is 10.0 Å². The molecule has 1 unspecified atom stereocenters. The SMILES string of the molecule is Cc1ccc([N+](=O)[O-])c(S(=O)(=O)N2CCCCC2CN)c1C. The van der Waals surface area contributed by atoms with Crippen molar-refractivity contribution < 1.29 is 13.3 Å². The topological polar surface area (TPSA) is 107 Å². The van der Waals surface area contributed by atoms with Crippen LogP contribution in [0.4, 0.5) is 5.69 Å². The largest absolute Gasteiger partial charge is 0.329 e. The number of piperidine rings is 1. The molecule has 2 N–H and O–H groups in total. The fraction of sp³-hybridized carbons (Fsp3) is 0.571. The number of sulfonamides is 1. The highest BCUT2D eigenvalue weighted by Gasteiger charge is 2.38. The van der Waals surface area contributed by atoms with Crippen LogP contribution in [0.15, 0.2) is 17.0 Å². The normalized spacial score (nSPS) is 20.0. The lowest BCUT2D eigenvalue weighted by Gasteiger charge is -2.34. The van der Waals surface area contributed by atoms with E-state index in [1.807, 2.05) is 0 Å². The maximum Gasteiger partial charge on any atom is 0.289 e. The Morgan fingerprint density at radius 3 is 2.64 bits per heavy atom. The summed E-state index contributed by atoms with van der Waals surface area (Å²) < 4.78 is 27.4. The van der Waals surface area contributed by atoms with Crippen LogP contribution in [0.5, 0.6) is 0 Å². The number of rotatable bonds is 4. The average molecular weight is 327 g/mol. The highest BCUT2D eigenvalue weighted by molar-refractivity contribution is 7.89. The summed E-state index contributed by atoms with van der Waals surface area (Å²) in [7, 11) is -3.94. The van der Waals surface area contributed by atoms with Gasteiger partial charge in [0.1, 0.15) is 0 Å². The Bertz CT molecular complexity index is 688. The van der Waals surface area contributed by atoms with Crippen LogP contribution in [-0.4, -0.2) is 36.8 Å². The second-order valence-electron chi connectivity index (χ2n) is 5.61. The molecule has 1 aromatic rings. The molecule has 1 aliphatic heterocycles. The van der Waals surface area contributed by atoms with E-state index in [0.717, 1.165) is 12.8 Å². The molecule has 1 fully saturated rings. The second-order valence-corrected chi connectivity index (χ2v) is 7.44. The molecule has 0 aromatic heterocycles. The molecule has 0 amide bonds. The smallest absolute Gasteiger partial charge is 0.289 e. The predicted octanol–water partition coefficient (Wildman–Crippen LogP) is 1.71. The van der Waals surface area contributed by atoms with Gasteiger partial charge in [0.25, 0.3) is 5.69 Å². The number of hydrogen-bond acceptors (Lipinski definition) is 5. The molecule has 122 valence electrons. The van der Waals surface area contributed by atoms with E-state index in [4.69, 9.17) is 5.73 Å². The third-order valence-corrected chi connectivity index (χ3v) is 6.39. The van der Waals surface area contributed by atoms with Gasteiger partial charge in [0.05, 0.1) is 4.92 Å². The van der Waals surface area contributed by atoms with Crippen molar-refractivity contribution in [3.63, 3.8) is 0 Å². The van der Waals surface area contributed by atoms with Crippen molar-refractivity contribution in [1.82, 2.24) is 4.31 Å². The van der Waals surface area contributed by atoms with Gasteiger partial charge in [-0.3, -0.25) is 10.1 Å². The quantitative estimate of drug-likeness (QED) is 0.669. The Labute approximate surface area is 130 Å². The van der Waals surface area contributed by atoms with Crippen molar-refractivity contribution in [1.29, 1.82) is 0 Å². The molecule has 1 heterocycles. The molecule has 1 aromatic carbocycles. The van der Waals surface area contributed by atoms with Gasteiger partial charge in [-0.15, -0.1) is 0 Å². The standard InChI is InChI=1S/C14H21N3O4S/c1-10-6-7-13(17(18)19)14(11(10)2)22(20,21)16-8-4-3-5-12(16)9-15/h6-7,12H,3-5,8-9,15H2,1-2H3. The van der Waals surface area contributed by atoms with Crippen molar-refractivity contribution in [2.24, 2.45) is 5.73 Å². The Kier molecular flexibility index (Phi) is 4.84. The third-order valence-electron chi connectivity index (χ3n) is 4.26. The number of hydrogen-bond donors (Lipinski definition) is 1. The molecule has 22 heavy (non-hydrogen) atoms. The van der Waals surface area contributed by atoms with Gasteiger partial charge in [0, 0.05) is 25.2 Å². The Hall–Kier alpha value is -1.51. The molecule has 1 aliphatic rings. The number of nitrogens with zero attached hydrogens (tertiary/aromatic N) is 2. The lowest BCUT2D eigenvalue weighted by molar-refractivity contribution is -0.388. The predicted molar refractivity (Wildman–Crippen MR) is 83.2 cm³/mol. The highest BCUT2D eigenvalue weighted by atomic mass is 32.2. The third kappa shape index (κ3) is 2.86. The van der Waals surface area contributed by atoms with E-state index >= 15 is 0 Å². The number of nitrogens with two attached hydrogens (primary N) is 1. The maximum atomic E-state index is 13.0. The molecule has 1 atom stereocenters.